The first-order chi connectivity index (χ1) is 11.1. The molecule has 2 heterocycles. The molecule has 23 heavy (non-hydrogen) atoms. The first-order valence-corrected chi connectivity index (χ1v) is 7.61. The molecule has 0 saturated heterocycles. The first kappa shape index (κ1) is 15.3. The molecule has 0 aliphatic heterocycles. The number of aryl methyl sites for hydroxylation is 1. The van der Waals surface area contributed by atoms with Gasteiger partial charge in [0.25, 0.3) is 0 Å². The van der Waals surface area contributed by atoms with Gasteiger partial charge in [-0.2, -0.15) is 10.4 Å². The van der Waals surface area contributed by atoms with Gasteiger partial charge in [-0.15, -0.1) is 0 Å². The minimum absolute atomic E-state index is 0.464. The second-order valence-corrected chi connectivity index (χ2v) is 5.77. The van der Waals surface area contributed by atoms with Crippen LogP contribution >= 0.6 is 11.6 Å². The summed E-state index contributed by atoms with van der Waals surface area (Å²) in [5.74, 6) is 0. The molecule has 1 aromatic carbocycles. The molecule has 0 fully saturated rings. The fourth-order valence-corrected chi connectivity index (χ4v) is 2.91. The van der Waals surface area contributed by atoms with Crippen molar-refractivity contribution >= 4 is 11.6 Å². The van der Waals surface area contributed by atoms with E-state index in [1.807, 2.05) is 42.8 Å². The lowest BCUT2D eigenvalue weighted by atomic mass is 10.0. The lowest BCUT2D eigenvalue weighted by Crippen LogP contribution is -2.04. The van der Waals surface area contributed by atoms with Crippen LogP contribution in [0.1, 0.15) is 22.5 Å². The van der Waals surface area contributed by atoms with Crippen LogP contribution in [0.25, 0.3) is 11.1 Å². The average Bonchev–Trinajstić information content (AvgIpc) is 2.82. The van der Waals surface area contributed by atoms with Crippen molar-refractivity contribution in [2.45, 2.75) is 20.4 Å². The van der Waals surface area contributed by atoms with Crippen molar-refractivity contribution in [2.75, 3.05) is 0 Å². The molecule has 4 nitrogen and oxygen atoms in total. The maximum atomic E-state index is 9.00. The number of hydrogen-bond donors (Lipinski definition) is 0. The number of benzene rings is 1. The second kappa shape index (κ2) is 6.23. The van der Waals surface area contributed by atoms with E-state index in [-0.39, 0.29) is 0 Å². The fourth-order valence-electron chi connectivity index (χ4n) is 2.69. The van der Waals surface area contributed by atoms with Crippen LogP contribution in [-0.4, -0.2) is 14.8 Å². The van der Waals surface area contributed by atoms with Crippen molar-refractivity contribution in [3.8, 4) is 17.2 Å². The van der Waals surface area contributed by atoms with Crippen molar-refractivity contribution in [3.05, 3.63) is 70.3 Å². The Balaban J connectivity index is 2.01. The summed E-state index contributed by atoms with van der Waals surface area (Å²) in [5.41, 5.74) is 5.68. The standard InChI is InChI=1S/C18H15ClN4/c1-12-18(15-3-4-16(10-20)17(19)9-15)13(2)23(22-12)11-14-5-7-21-8-6-14/h3-9H,11H2,1-2H3. The van der Waals surface area contributed by atoms with Gasteiger partial charge in [0.15, 0.2) is 0 Å². The van der Waals surface area contributed by atoms with Crippen molar-refractivity contribution in [1.82, 2.24) is 14.8 Å². The van der Waals surface area contributed by atoms with Gasteiger partial charge in [-0.05, 0) is 49.2 Å². The number of nitriles is 1. The Morgan fingerprint density at radius 3 is 2.57 bits per heavy atom. The zero-order valence-corrected chi connectivity index (χ0v) is 13.7. The molecule has 0 atom stereocenters. The third kappa shape index (κ3) is 2.96. The monoisotopic (exact) mass is 322 g/mol. The smallest absolute Gasteiger partial charge is 0.101 e. The van der Waals surface area contributed by atoms with E-state index >= 15 is 0 Å². The maximum absolute atomic E-state index is 9.00. The van der Waals surface area contributed by atoms with E-state index in [2.05, 4.69) is 16.2 Å². The third-order valence-electron chi connectivity index (χ3n) is 3.84. The van der Waals surface area contributed by atoms with Crippen LogP contribution in [0, 0.1) is 25.2 Å². The van der Waals surface area contributed by atoms with E-state index in [0.29, 0.717) is 17.1 Å². The van der Waals surface area contributed by atoms with Crippen LogP contribution in [0.2, 0.25) is 5.02 Å². The van der Waals surface area contributed by atoms with Crippen molar-refractivity contribution in [2.24, 2.45) is 0 Å². The van der Waals surface area contributed by atoms with Crippen LogP contribution in [0.4, 0.5) is 0 Å². The van der Waals surface area contributed by atoms with Gasteiger partial charge in [0, 0.05) is 23.7 Å². The van der Waals surface area contributed by atoms with Gasteiger partial charge in [0.1, 0.15) is 6.07 Å². The average molecular weight is 323 g/mol. The molecule has 0 radical (unpaired) electrons. The molecular weight excluding hydrogens is 308 g/mol. The van der Waals surface area contributed by atoms with E-state index in [4.69, 9.17) is 16.9 Å². The second-order valence-electron chi connectivity index (χ2n) is 5.37. The Hall–Kier alpha value is -2.64. The third-order valence-corrected chi connectivity index (χ3v) is 4.15. The summed E-state index contributed by atoms with van der Waals surface area (Å²) in [4.78, 5) is 4.04. The highest BCUT2D eigenvalue weighted by molar-refractivity contribution is 6.32. The maximum Gasteiger partial charge on any atom is 0.101 e. The largest absolute Gasteiger partial charge is 0.265 e. The van der Waals surface area contributed by atoms with E-state index < -0.39 is 0 Å². The van der Waals surface area contributed by atoms with Gasteiger partial charge >= 0.3 is 0 Å². The van der Waals surface area contributed by atoms with E-state index in [1.165, 1.54) is 0 Å². The topological polar surface area (TPSA) is 54.5 Å². The number of aromatic nitrogens is 3. The lowest BCUT2D eigenvalue weighted by Gasteiger charge is -2.06. The summed E-state index contributed by atoms with van der Waals surface area (Å²) >= 11 is 6.16. The fraction of sp³-hybridized carbons (Fsp3) is 0.167. The molecule has 0 unspecified atom stereocenters. The van der Waals surface area contributed by atoms with Gasteiger partial charge in [-0.3, -0.25) is 9.67 Å². The Bertz CT molecular complexity index is 891. The predicted molar refractivity (Wildman–Crippen MR) is 90.2 cm³/mol. The Morgan fingerprint density at radius 2 is 1.91 bits per heavy atom. The highest BCUT2D eigenvalue weighted by Gasteiger charge is 2.15. The molecule has 0 bridgehead atoms. The molecule has 0 aliphatic rings. The van der Waals surface area contributed by atoms with Crippen LogP contribution < -0.4 is 0 Å². The minimum atomic E-state index is 0.464. The molecule has 0 amide bonds. The quantitative estimate of drug-likeness (QED) is 0.728. The van der Waals surface area contributed by atoms with Gasteiger partial charge in [-0.25, -0.2) is 0 Å². The van der Waals surface area contributed by atoms with Crippen molar-refractivity contribution in [1.29, 1.82) is 5.26 Å². The Labute approximate surface area is 140 Å². The zero-order chi connectivity index (χ0) is 16.4. The van der Waals surface area contributed by atoms with E-state index in [1.54, 1.807) is 18.5 Å². The van der Waals surface area contributed by atoms with Crippen molar-refractivity contribution < 1.29 is 0 Å². The van der Waals surface area contributed by atoms with Crippen LogP contribution in [0.15, 0.2) is 42.7 Å². The molecule has 3 aromatic rings. The summed E-state index contributed by atoms with van der Waals surface area (Å²) < 4.78 is 1.98. The molecular formula is C18H15ClN4. The van der Waals surface area contributed by atoms with Gasteiger partial charge < -0.3 is 0 Å². The number of nitrogens with zero attached hydrogens (tertiary/aromatic N) is 4. The van der Waals surface area contributed by atoms with Gasteiger partial charge in [-0.1, -0.05) is 17.7 Å². The SMILES string of the molecule is Cc1nn(Cc2ccncc2)c(C)c1-c1ccc(C#N)c(Cl)c1. The molecule has 3 rings (SSSR count). The summed E-state index contributed by atoms with van der Waals surface area (Å²) in [7, 11) is 0. The molecule has 114 valence electrons. The number of rotatable bonds is 3. The molecule has 0 saturated carbocycles. The lowest BCUT2D eigenvalue weighted by molar-refractivity contribution is 0.658. The van der Waals surface area contributed by atoms with Crippen LogP contribution in [0.3, 0.4) is 0 Å². The highest BCUT2D eigenvalue weighted by atomic mass is 35.5. The van der Waals surface area contributed by atoms with Gasteiger partial charge in [0.2, 0.25) is 0 Å². The Kier molecular flexibility index (Phi) is 4.14. The zero-order valence-electron chi connectivity index (χ0n) is 12.9. The molecule has 0 aliphatic carbocycles. The summed E-state index contributed by atoms with van der Waals surface area (Å²) in [6.07, 6.45) is 3.56. The molecule has 2 aromatic heterocycles. The predicted octanol–water partition coefficient (Wildman–Crippen LogP) is 4.14. The number of hydrogen-bond acceptors (Lipinski definition) is 3. The highest BCUT2D eigenvalue weighted by Crippen LogP contribution is 2.30. The van der Waals surface area contributed by atoms with E-state index in [0.717, 1.165) is 28.1 Å². The normalized spacial score (nSPS) is 10.5. The van der Waals surface area contributed by atoms with Crippen LogP contribution in [0.5, 0.6) is 0 Å². The molecule has 5 heteroatoms. The van der Waals surface area contributed by atoms with E-state index in [9.17, 15) is 0 Å². The number of halogens is 1. The van der Waals surface area contributed by atoms with Gasteiger partial charge in [0.05, 0.1) is 22.8 Å². The first-order valence-electron chi connectivity index (χ1n) is 7.23. The summed E-state index contributed by atoms with van der Waals surface area (Å²) in [6.45, 7) is 4.72. The minimum Gasteiger partial charge on any atom is -0.265 e. The molecule has 0 spiro atoms. The van der Waals surface area contributed by atoms with Crippen molar-refractivity contribution in [3.63, 3.8) is 0 Å². The Morgan fingerprint density at radius 1 is 1.17 bits per heavy atom. The summed E-state index contributed by atoms with van der Waals surface area (Å²) in [6, 6.07) is 11.5. The number of pyridine rings is 1. The molecule has 0 N–H and O–H groups in total. The van der Waals surface area contributed by atoms with Crippen LogP contribution in [-0.2, 0) is 6.54 Å². The summed E-state index contributed by atoms with van der Waals surface area (Å²) in [5, 5.41) is 14.1.